The number of aromatic nitrogens is 3. The summed E-state index contributed by atoms with van der Waals surface area (Å²) in [5, 5.41) is 4.18. The van der Waals surface area contributed by atoms with Crippen molar-refractivity contribution in [2.24, 2.45) is 5.10 Å². The molecule has 2 aromatic heterocycles. The summed E-state index contributed by atoms with van der Waals surface area (Å²) in [7, 11) is 0. The van der Waals surface area contributed by atoms with Gasteiger partial charge in [-0.25, -0.2) is 15.4 Å². The first-order chi connectivity index (χ1) is 14.6. The number of amides is 1. The van der Waals surface area contributed by atoms with E-state index < -0.39 is 0 Å². The van der Waals surface area contributed by atoms with E-state index in [0.717, 1.165) is 38.2 Å². The van der Waals surface area contributed by atoms with Gasteiger partial charge >= 0.3 is 0 Å². The summed E-state index contributed by atoms with van der Waals surface area (Å²) in [5.74, 6) is 0.829. The Balaban J connectivity index is 1.63. The molecule has 1 aliphatic carbocycles. The first-order valence-corrected chi connectivity index (χ1v) is 10.9. The van der Waals surface area contributed by atoms with Gasteiger partial charge in [-0.1, -0.05) is 13.8 Å². The molecule has 0 radical (unpaired) electrons. The highest BCUT2D eigenvalue weighted by atomic mass is 16.2. The van der Waals surface area contributed by atoms with Crippen molar-refractivity contribution in [2.45, 2.75) is 52.4 Å². The molecule has 0 saturated heterocycles. The van der Waals surface area contributed by atoms with E-state index in [0.29, 0.717) is 23.0 Å². The van der Waals surface area contributed by atoms with Crippen LogP contribution in [0.1, 0.15) is 67.4 Å². The van der Waals surface area contributed by atoms with Crippen LogP contribution in [0, 0.1) is 6.92 Å². The maximum Gasteiger partial charge on any atom is 0.273 e. The molecule has 0 aromatic carbocycles. The lowest BCUT2D eigenvalue weighted by Gasteiger charge is -2.17. The van der Waals surface area contributed by atoms with E-state index in [1.165, 1.54) is 29.7 Å². The van der Waals surface area contributed by atoms with Crippen molar-refractivity contribution in [2.75, 3.05) is 19.6 Å². The van der Waals surface area contributed by atoms with E-state index in [1.54, 1.807) is 18.5 Å². The molecule has 7 nitrogen and oxygen atoms in total. The minimum absolute atomic E-state index is 0.213. The number of rotatable bonds is 9. The number of aryl methyl sites for hydroxylation is 1. The fourth-order valence-corrected chi connectivity index (χ4v) is 4.21. The van der Waals surface area contributed by atoms with Gasteiger partial charge in [0, 0.05) is 23.8 Å². The van der Waals surface area contributed by atoms with Gasteiger partial charge in [0.2, 0.25) is 0 Å². The normalized spacial score (nSPS) is 17.7. The van der Waals surface area contributed by atoms with Crippen LogP contribution in [0.2, 0.25) is 0 Å². The molecule has 0 atom stereocenters. The standard InChI is InChI=1S/C23H30N6O/c1-4-29(5-2)13-6-8-17-15(3)26-19(20(17)16-9-10-16)14-18-21(27-28-23(18)30)22-24-11-7-12-25-22/h7,11-12,14,16,26H,4-6,8-10,13H2,1-3H3,(H,28,30)/b18-14+. The Bertz CT molecular complexity index is 967. The van der Waals surface area contributed by atoms with E-state index in [-0.39, 0.29) is 5.91 Å². The first-order valence-electron chi connectivity index (χ1n) is 10.9. The van der Waals surface area contributed by atoms with Crippen LogP contribution < -0.4 is 5.43 Å². The van der Waals surface area contributed by atoms with Crippen molar-refractivity contribution in [3.05, 3.63) is 52.4 Å². The van der Waals surface area contributed by atoms with Crippen molar-refractivity contribution in [3.63, 3.8) is 0 Å². The molecule has 1 fully saturated rings. The molecule has 30 heavy (non-hydrogen) atoms. The number of nitrogens with zero attached hydrogens (tertiary/aromatic N) is 4. The summed E-state index contributed by atoms with van der Waals surface area (Å²) in [6.07, 6.45) is 9.88. The van der Waals surface area contributed by atoms with Crippen LogP contribution in [0.25, 0.3) is 6.08 Å². The van der Waals surface area contributed by atoms with Crippen molar-refractivity contribution in [1.29, 1.82) is 0 Å². The number of nitrogens with one attached hydrogen (secondary N) is 2. The summed E-state index contributed by atoms with van der Waals surface area (Å²) < 4.78 is 0. The SMILES string of the molecule is CCN(CC)CCCc1c(C)[nH]c(/C=C2/C(=O)NN=C2c2ncccn2)c1C1CC1. The van der Waals surface area contributed by atoms with Gasteiger partial charge < -0.3 is 9.88 Å². The molecule has 158 valence electrons. The molecule has 2 aromatic rings. The summed E-state index contributed by atoms with van der Waals surface area (Å²) in [5.41, 5.74) is 8.61. The molecule has 1 aliphatic heterocycles. The molecule has 1 saturated carbocycles. The van der Waals surface area contributed by atoms with Crippen molar-refractivity contribution in [1.82, 2.24) is 25.3 Å². The van der Waals surface area contributed by atoms with Gasteiger partial charge in [0.25, 0.3) is 5.91 Å². The Kier molecular flexibility index (Phi) is 6.08. The van der Waals surface area contributed by atoms with Crippen LogP contribution in [-0.2, 0) is 11.2 Å². The van der Waals surface area contributed by atoms with E-state index in [2.05, 4.69) is 51.2 Å². The third-order valence-corrected chi connectivity index (χ3v) is 6.01. The van der Waals surface area contributed by atoms with Crippen LogP contribution in [-0.4, -0.2) is 51.1 Å². The van der Waals surface area contributed by atoms with Gasteiger partial charge in [0.1, 0.15) is 5.71 Å². The van der Waals surface area contributed by atoms with Gasteiger partial charge in [-0.2, -0.15) is 5.10 Å². The minimum atomic E-state index is -0.213. The number of H-pyrrole nitrogens is 1. The third kappa shape index (κ3) is 4.21. The van der Waals surface area contributed by atoms with Crippen LogP contribution in [0.4, 0.5) is 0 Å². The molecule has 0 bridgehead atoms. The molecule has 7 heteroatoms. The van der Waals surface area contributed by atoms with E-state index in [9.17, 15) is 4.79 Å². The predicted molar refractivity (Wildman–Crippen MR) is 118 cm³/mol. The summed E-state index contributed by atoms with van der Waals surface area (Å²) >= 11 is 0. The van der Waals surface area contributed by atoms with Gasteiger partial charge in [-0.05, 0) is 81.4 Å². The molecular weight excluding hydrogens is 376 g/mol. The van der Waals surface area contributed by atoms with E-state index in [4.69, 9.17) is 0 Å². The highest BCUT2D eigenvalue weighted by Gasteiger charge is 2.32. The van der Waals surface area contributed by atoms with Crippen LogP contribution in [0.3, 0.4) is 0 Å². The molecular formula is C23H30N6O. The zero-order valence-corrected chi connectivity index (χ0v) is 18.0. The largest absolute Gasteiger partial charge is 0.359 e. The fraction of sp³-hybridized carbons (Fsp3) is 0.478. The molecule has 2 aliphatic rings. The minimum Gasteiger partial charge on any atom is -0.359 e. The highest BCUT2D eigenvalue weighted by molar-refractivity contribution is 6.32. The monoisotopic (exact) mass is 406 g/mol. The predicted octanol–water partition coefficient (Wildman–Crippen LogP) is 3.18. The number of hydrogen-bond donors (Lipinski definition) is 2. The quantitative estimate of drug-likeness (QED) is 0.626. The Hall–Kier alpha value is -2.80. The number of carbonyl (C=O) groups is 1. The van der Waals surface area contributed by atoms with Crippen LogP contribution >= 0.6 is 0 Å². The Labute approximate surface area is 177 Å². The maximum absolute atomic E-state index is 12.5. The number of hydrazone groups is 1. The summed E-state index contributed by atoms with van der Waals surface area (Å²) in [4.78, 5) is 27.0. The second-order valence-electron chi connectivity index (χ2n) is 7.99. The number of aromatic amines is 1. The first kappa shape index (κ1) is 20.5. The molecule has 3 heterocycles. The van der Waals surface area contributed by atoms with Gasteiger partial charge in [-0.3, -0.25) is 4.79 Å². The summed E-state index contributed by atoms with van der Waals surface area (Å²) in [6, 6.07) is 1.75. The third-order valence-electron chi connectivity index (χ3n) is 6.01. The number of carbonyl (C=O) groups excluding carboxylic acids is 1. The topological polar surface area (TPSA) is 86.3 Å². The average Bonchev–Trinajstić information content (AvgIpc) is 3.47. The maximum atomic E-state index is 12.5. The fourth-order valence-electron chi connectivity index (χ4n) is 4.21. The Morgan fingerprint density at radius 1 is 1.20 bits per heavy atom. The average molecular weight is 407 g/mol. The molecule has 1 amide bonds. The highest BCUT2D eigenvalue weighted by Crippen LogP contribution is 2.45. The van der Waals surface area contributed by atoms with Gasteiger partial charge in [-0.15, -0.1) is 0 Å². The zero-order valence-electron chi connectivity index (χ0n) is 18.0. The van der Waals surface area contributed by atoms with Gasteiger partial charge in [0.05, 0.1) is 5.57 Å². The lowest BCUT2D eigenvalue weighted by molar-refractivity contribution is -0.116. The summed E-state index contributed by atoms with van der Waals surface area (Å²) in [6.45, 7) is 9.87. The van der Waals surface area contributed by atoms with Crippen LogP contribution in [0.15, 0.2) is 29.1 Å². The Morgan fingerprint density at radius 3 is 2.60 bits per heavy atom. The lowest BCUT2D eigenvalue weighted by atomic mass is 9.98. The van der Waals surface area contributed by atoms with E-state index in [1.807, 2.05) is 6.08 Å². The Morgan fingerprint density at radius 2 is 1.93 bits per heavy atom. The second kappa shape index (κ2) is 8.92. The van der Waals surface area contributed by atoms with Crippen LogP contribution in [0.5, 0.6) is 0 Å². The lowest BCUT2D eigenvalue weighted by Crippen LogP contribution is -2.24. The molecule has 0 unspecified atom stereocenters. The molecule has 2 N–H and O–H groups in total. The number of hydrogen-bond acceptors (Lipinski definition) is 5. The zero-order chi connectivity index (χ0) is 21.1. The molecule has 0 spiro atoms. The van der Waals surface area contributed by atoms with Crippen molar-refractivity contribution in [3.8, 4) is 0 Å². The second-order valence-corrected chi connectivity index (χ2v) is 7.99. The van der Waals surface area contributed by atoms with Gasteiger partial charge in [0.15, 0.2) is 5.82 Å². The van der Waals surface area contributed by atoms with Crippen molar-refractivity contribution >= 4 is 17.7 Å². The van der Waals surface area contributed by atoms with Crippen molar-refractivity contribution < 1.29 is 4.79 Å². The van der Waals surface area contributed by atoms with E-state index >= 15 is 0 Å². The smallest absolute Gasteiger partial charge is 0.273 e. The molecule has 4 rings (SSSR count).